The highest BCUT2D eigenvalue weighted by Crippen LogP contribution is 2.24. The fourth-order valence-electron chi connectivity index (χ4n) is 2.76. The third-order valence-electron chi connectivity index (χ3n) is 4.08. The van der Waals surface area contributed by atoms with Gasteiger partial charge in [-0.05, 0) is 37.5 Å². The molecule has 1 amide bonds. The number of carbonyl (C=O) groups excluding carboxylic acids is 1. The van der Waals surface area contributed by atoms with Crippen molar-refractivity contribution in [2.75, 3.05) is 12.3 Å². The average molecular weight is 262 g/mol. The molecule has 2 rings (SSSR count). The van der Waals surface area contributed by atoms with Crippen molar-refractivity contribution in [3.05, 3.63) is 29.3 Å². The van der Waals surface area contributed by atoms with Crippen molar-refractivity contribution >= 4 is 11.6 Å². The summed E-state index contributed by atoms with van der Waals surface area (Å²) in [6.07, 6.45) is 4.17. The van der Waals surface area contributed by atoms with Gasteiger partial charge in [-0.25, -0.2) is 0 Å². The number of aliphatic hydroxyl groups excluding tert-OH is 1. The minimum Gasteiger partial charge on any atom is -0.398 e. The van der Waals surface area contributed by atoms with Crippen molar-refractivity contribution in [2.45, 2.75) is 38.6 Å². The molecular formula is C15H22N2O2. The molecule has 0 spiro atoms. The van der Waals surface area contributed by atoms with Gasteiger partial charge in [0.05, 0.1) is 0 Å². The van der Waals surface area contributed by atoms with Crippen LogP contribution in [-0.4, -0.2) is 23.7 Å². The summed E-state index contributed by atoms with van der Waals surface area (Å²) in [5.41, 5.74) is 7.90. The summed E-state index contributed by atoms with van der Waals surface area (Å²) in [7, 11) is 0. The minimum atomic E-state index is -0.0878. The summed E-state index contributed by atoms with van der Waals surface area (Å²) in [6, 6.07) is 5.45. The highest BCUT2D eigenvalue weighted by Gasteiger charge is 2.26. The molecule has 0 bridgehead atoms. The van der Waals surface area contributed by atoms with Crippen LogP contribution >= 0.6 is 0 Å². The molecule has 2 unspecified atom stereocenters. The molecule has 2 atom stereocenters. The minimum absolute atomic E-state index is 0.0760. The Morgan fingerprint density at radius 1 is 1.42 bits per heavy atom. The fraction of sp³-hybridized carbons (Fsp3) is 0.533. The smallest absolute Gasteiger partial charge is 0.251 e. The second kappa shape index (κ2) is 6.06. The van der Waals surface area contributed by atoms with Gasteiger partial charge in [-0.3, -0.25) is 4.79 Å². The van der Waals surface area contributed by atoms with Gasteiger partial charge in [0.2, 0.25) is 0 Å². The van der Waals surface area contributed by atoms with Crippen LogP contribution in [0.3, 0.4) is 0 Å². The summed E-state index contributed by atoms with van der Waals surface area (Å²) in [6.45, 7) is 2.00. The first-order valence-corrected chi connectivity index (χ1v) is 6.90. The van der Waals surface area contributed by atoms with Crippen LogP contribution in [0, 0.1) is 12.8 Å². The highest BCUT2D eigenvalue weighted by atomic mass is 16.3. The number of benzene rings is 1. The van der Waals surface area contributed by atoms with Crippen LogP contribution in [0.25, 0.3) is 0 Å². The zero-order valence-corrected chi connectivity index (χ0v) is 11.4. The first-order chi connectivity index (χ1) is 9.13. The molecule has 0 saturated heterocycles. The van der Waals surface area contributed by atoms with E-state index in [1.165, 1.54) is 0 Å². The SMILES string of the molecule is Cc1c(N)cccc1C(=O)NC1CCCCC1CO. The number of rotatable bonds is 3. The van der Waals surface area contributed by atoms with Crippen molar-refractivity contribution in [1.29, 1.82) is 0 Å². The molecule has 0 aromatic heterocycles. The summed E-state index contributed by atoms with van der Waals surface area (Å²) >= 11 is 0. The number of anilines is 1. The van der Waals surface area contributed by atoms with Crippen molar-refractivity contribution in [3.63, 3.8) is 0 Å². The molecule has 104 valence electrons. The van der Waals surface area contributed by atoms with Crippen molar-refractivity contribution in [3.8, 4) is 0 Å². The predicted molar refractivity (Wildman–Crippen MR) is 75.9 cm³/mol. The van der Waals surface area contributed by atoms with E-state index >= 15 is 0 Å². The first kappa shape index (κ1) is 13.9. The Balaban J connectivity index is 2.09. The Morgan fingerprint density at radius 2 is 2.16 bits per heavy atom. The molecule has 0 radical (unpaired) electrons. The summed E-state index contributed by atoms with van der Waals surface area (Å²) in [4.78, 5) is 12.3. The third-order valence-corrected chi connectivity index (χ3v) is 4.08. The molecule has 4 nitrogen and oxygen atoms in total. The fourth-order valence-corrected chi connectivity index (χ4v) is 2.76. The Labute approximate surface area is 114 Å². The predicted octanol–water partition coefficient (Wildman–Crippen LogP) is 1.86. The summed E-state index contributed by atoms with van der Waals surface area (Å²) in [5.74, 6) is 0.0919. The van der Waals surface area contributed by atoms with Gasteiger partial charge in [0.1, 0.15) is 0 Å². The van der Waals surface area contributed by atoms with Crippen molar-refractivity contribution in [1.82, 2.24) is 5.32 Å². The van der Waals surface area contributed by atoms with Crippen LogP contribution in [0.1, 0.15) is 41.6 Å². The molecule has 1 fully saturated rings. The topological polar surface area (TPSA) is 75.4 Å². The van der Waals surface area contributed by atoms with Gasteiger partial charge in [0.25, 0.3) is 5.91 Å². The van der Waals surface area contributed by atoms with Crippen molar-refractivity contribution in [2.24, 2.45) is 5.92 Å². The van der Waals surface area contributed by atoms with Gasteiger partial charge in [0, 0.05) is 29.8 Å². The molecule has 4 N–H and O–H groups in total. The van der Waals surface area contributed by atoms with E-state index < -0.39 is 0 Å². The Kier molecular flexibility index (Phi) is 4.43. The zero-order valence-electron chi connectivity index (χ0n) is 11.4. The highest BCUT2D eigenvalue weighted by molar-refractivity contribution is 5.97. The second-order valence-electron chi connectivity index (χ2n) is 5.33. The van der Waals surface area contributed by atoms with Crippen LogP contribution in [0.15, 0.2) is 18.2 Å². The molecule has 4 heteroatoms. The van der Waals surface area contributed by atoms with Crippen LogP contribution < -0.4 is 11.1 Å². The Morgan fingerprint density at radius 3 is 2.89 bits per heavy atom. The molecular weight excluding hydrogens is 240 g/mol. The van der Waals surface area contributed by atoms with Gasteiger partial charge in [-0.2, -0.15) is 0 Å². The van der Waals surface area contributed by atoms with E-state index in [0.29, 0.717) is 11.3 Å². The molecule has 19 heavy (non-hydrogen) atoms. The molecule has 1 aliphatic carbocycles. The van der Waals surface area contributed by atoms with Crippen molar-refractivity contribution < 1.29 is 9.90 Å². The molecule has 1 aromatic carbocycles. The average Bonchev–Trinajstić information content (AvgIpc) is 2.42. The lowest BCUT2D eigenvalue weighted by atomic mass is 9.85. The van der Waals surface area contributed by atoms with E-state index in [0.717, 1.165) is 31.2 Å². The number of nitrogens with one attached hydrogen (secondary N) is 1. The van der Waals surface area contributed by atoms with Gasteiger partial charge < -0.3 is 16.2 Å². The molecule has 1 saturated carbocycles. The van der Waals surface area contributed by atoms with E-state index in [2.05, 4.69) is 5.32 Å². The molecule has 1 aliphatic rings. The van der Waals surface area contributed by atoms with E-state index in [4.69, 9.17) is 5.73 Å². The molecule has 1 aromatic rings. The van der Waals surface area contributed by atoms with E-state index in [-0.39, 0.29) is 24.5 Å². The Hall–Kier alpha value is -1.55. The third kappa shape index (κ3) is 3.07. The zero-order chi connectivity index (χ0) is 13.8. The second-order valence-corrected chi connectivity index (χ2v) is 5.33. The van der Waals surface area contributed by atoms with E-state index in [1.54, 1.807) is 18.2 Å². The number of amides is 1. The van der Waals surface area contributed by atoms with Crippen LogP contribution in [0.2, 0.25) is 0 Å². The van der Waals surface area contributed by atoms with Gasteiger partial charge in [-0.15, -0.1) is 0 Å². The van der Waals surface area contributed by atoms with Gasteiger partial charge in [0.15, 0.2) is 0 Å². The first-order valence-electron chi connectivity index (χ1n) is 6.90. The van der Waals surface area contributed by atoms with E-state index in [1.807, 2.05) is 6.92 Å². The van der Waals surface area contributed by atoms with E-state index in [9.17, 15) is 9.90 Å². The van der Waals surface area contributed by atoms with Crippen LogP contribution in [0.5, 0.6) is 0 Å². The van der Waals surface area contributed by atoms with Gasteiger partial charge in [-0.1, -0.05) is 18.9 Å². The molecule has 0 heterocycles. The monoisotopic (exact) mass is 262 g/mol. The van der Waals surface area contributed by atoms with Crippen LogP contribution in [-0.2, 0) is 0 Å². The number of nitrogen functional groups attached to an aromatic ring is 1. The number of carbonyl (C=O) groups is 1. The summed E-state index contributed by atoms with van der Waals surface area (Å²) < 4.78 is 0. The lowest BCUT2D eigenvalue weighted by Crippen LogP contribution is -2.43. The number of aliphatic hydroxyl groups is 1. The maximum Gasteiger partial charge on any atom is 0.251 e. The number of hydrogen-bond donors (Lipinski definition) is 3. The molecule has 0 aliphatic heterocycles. The van der Waals surface area contributed by atoms with Gasteiger partial charge >= 0.3 is 0 Å². The largest absolute Gasteiger partial charge is 0.398 e. The van der Waals surface area contributed by atoms with Crippen LogP contribution in [0.4, 0.5) is 5.69 Å². The maximum atomic E-state index is 12.3. The Bertz CT molecular complexity index is 459. The lowest BCUT2D eigenvalue weighted by molar-refractivity contribution is 0.0872. The number of nitrogens with two attached hydrogens (primary N) is 1. The lowest BCUT2D eigenvalue weighted by Gasteiger charge is -2.31. The standard InChI is InChI=1S/C15H22N2O2/c1-10-12(6-4-7-13(10)16)15(19)17-14-8-3-2-5-11(14)9-18/h4,6-7,11,14,18H,2-3,5,8-9,16H2,1H3,(H,17,19). The quantitative estimate of drug-likeness (QED) is 0.728. The number of hydrogen-bond acceptors (Lipinski definition) is 3. The normalized spacial score (nSPS) is 23.1. The maximum absolute atomic E-state index is 12.3. The summed E-state index contributed by atoms with van der Waals surface area (Å²) in [5, 5.41) is 12.4.